The number of ether oxygens (including phenoxy) is 1. The number of carbonyl (C=O) groups is 2. The first-order chi connectivity index (χ1) is 13.0. The van der Waals surface area contributed by atoms with Crippen LogP contribution in [-0.2, 0) is 9.53 Å². The third-order valence-corrected chi connectivity index (χ3v) is 6.13. The number of piperidine rings is 1. The van der Waals surface area contributed by atoms with Crippen molar-refractivity contribution in [3.05, 3.63) is 23.8 Å². The van der Waals surface area contributed by atoms with Gasteiger partial charge in [-0.15, -0.1) is 0 Å². The smallest absolute Gasteiger partial charge is 0.274 e. The second-order valence-corrected chi connectivity index (χ2v) is 8.17. The van der Waals surface area contributed by atoms with Gasteiger partial charge in [0.15, 0.2) is 0 Å². The number of nitrogens with zero attached hydrogens (tertiary/aromatic N) is 4. The summed E-state index contributed by atoms with van der Waals surface area (Å²) in [5, 5.41) is 0. The van der Waals surface area contributed by atoms with Crippen molar-refractivity contribution in [2.75, 3.05) is 19.7 Å². The summed E-state index contributed by atoms with van der Waals surface area (Å²) in [5.41, 5.74) is 0.994. The topological polar surface area (TPSA) is 75.6 Å². The molecule has 1 aliphatic carbocycles. The molecule has 0 aromatic carbocycles. The molecule has 1 aromatic rings. The summed E-state index contributed by atoms with van der Waals surface area (Å²) in [7, 11) is 0. The molecule has 0 bridgehead atoms. The van der Waals surface area contributed by atoms with Gasteiger partial charge in [0.25, 0.3) is 5.91 Å². The molecule has 3 heterocycles. The summed E-state index contributed by atoms with van der Waals surface area (Å²) in [4.78, 5) is 37.1. The summed E-state index contributed by atoms with van der Waals surface area (Å²) in [6, 6.07) is 0.707. The highest BCUT2D eigenvalue weighted by Crippen LogP contribution is 2.40. The van der Waals surface area contributed by atoms with Crippen LogP contribution in [0.2, 0.25) is 0 Å². The number of carbonyl (C=O) groups excluding carboxylic acids is 2. The van der Waals surface area contributed by atoms with Gasteiger partial charge in [0.2, 0.25) is 5.91 Å². The van der Waals surface area contributed by atoms with Gasteiger partial charge in [-0.25, -0.2) is 4.98 Å². The van der Waals surface area contributed by atoms with E-state index < -0.39 is 0 Å². The van der Waals surface area contributed by atoms with E-state index >= 15 is 0 Å². The van der Waals surface area contributed by atoms with Gasteiger partial charge in [0, 0.05) is 44.9 Å². The molecule has 1 atom stereocenters. The zero-order valence-corrected chi connectivity index (χ0v) is 16.2. The summed E-state index contributed by atoms with van der Waals surface area (Å²) in [5.74, 6) is 0.123. The van der Waals surface area contributed by atoms with Crippen LogP contribution in [0.15, 0.2) is 12.4 Å². The molecular formula is C20H28N4O3. The minimum atomic E-state index is -0.207. The second-order valence-electron chi connectivity index (χ2n) is 8.17. The Morgan fingerprint density at radius 1 is 1.15 bits per heavy atom. The fourth-order valence-electron chi connectivity index (χ4n) is 4.54. The van der Waals surface area contributed by atoms with Crippen molar-refractivity contribution in [2.45, 2.75) is 70.1 Å². The molecule has 7 heteroatoms. The van der Waals surface area contributed by atoms with E-state index in [4.69, 9.17) is 4.74 Å². The van der Waals surface area contributed by atoms with Crippen LogP contribution in [0, 0.1) is 6.92 Å². The van der Waals surface area contributed by atoms with Crippen LogP contribution in [0.25, 0.3) is 0 Å². The third-order valence-electron chi connectivity index (χ3n) is 6.13. The Morgan fingerprint density at radius 3 is 2.48 bits per heavy atom. The molecule has 3 aliphatic rings. The fourth-order valence-corrected chi connectivity index (χ4v) is 4.54. The van der Waals surface area contributed by atoms with Gasteiger partial charge in [-0.1, -0.05) is 0 Å². The number of rotatable bonds is 3. The van der Waals surface area contributed by atoms with Crippen molar-refractivity contribution in [3.63, 3.8) is 0 Å². The van der Waals surface area contributed by atoms with Gasteiger partial charge in [0.05, 0.1) is 17.5 Å². The maximum absolute atomic E-state index is 12.7. The number of hydrogen-bond acceptors (Lipinski definition) is 5. The molecule has 3 fully saturated rings. The molecular weight excluding hydrogens is 344 g/mol. The van der Waals surface area contributed by atoms with Crippen molar-refractivity contribution in [3.8, 4) is 0 Å². The van der Waals surface area contributed by atoms with Crippen molar-refractivity contribution in [2.24, 2.45) is 0 Å². The molecule has 2 aliphatic heterocycles. The largest absolute Gasteiger partial charge is 0.375 e. The van der Waals surface area contributed by atoms with Gasteiger partial charge in [-0.2, -0.15) is 0 Å². The monoisotopic (exact) mass is 372 g/mol. The lowest BCUT2D eigenvalue weighted by Crippen LogP contribution is -2.55. The van der Waals surface area contributed by atoms with Gasteiger partial charge in [-0.05, 0) is 45.4 Å². The highest BCUT2D eigenvalue weighted by molar-refractivity contribution is 5.92. The van der Waals surface area contributed by atoms with E-state index in [0.717, 1.165) is 44.2 Å². The molecule has 2 amide bonds. The Bertz CT molecular complexity index is 708. The lowest BCUT2D eigenvalue weighted by atomic mass is 9.81. The molecule has 1 spiro atoms. The lowest BCUT2D eigenvalue weighted by Gasteiger charge is -2.48. The first-order valence-corrected chi connectivity index (χ1v) is 9.98. The average Bonchev–Trinajstić information content (AvgIpc) is 3.47. The zero-order chi connectivity index (χ0) is 19.0. The zero-order valence-electron chi connectivity index (χ0n) is 16.2. The third kappa shape index (κ3) is 3.83. The summed E-state index contributed by atoms with van der Waals surface area (Å²) in [6.45, 7) is 5.55. The van der Waals surface area contributed by atoms with E-state index in [-0.39, 0.29) is 23.5 Å². The van der Waals surface area contributed by atoms with Crippen molar-refractivity contribution < 1.29 is 14.3 Å². The Hall–Kier alpha value is -2.02. The second kappa shape index (κ2) is 7.19. The number of aromatic nitrogens is 2. The van der Waals surface area contributed by atoms with Gasteiger partial charge >= 0.3 is 0 Å². The van der Waals surface area contributed by atoms with Crippen molar-refractivity contribution >= 4 is 11.8 Å². The van der Waals surface area contributed by atoms with Crippen LogP contribution in [0.1, 0.15) is 61.6 Å². The molecule has 0 radical (unpaired) electrons. The molecule has 2 saturated heterocycles. The Morgan fingerprint density at radius 2 is 1.89 bits per heavy atom. The molecule has 7 nitrogen and oxygen atoms in total. The number of amides is 2. The van der Waals surface area contributed by atoms with E-state index in [2.05, 4.69) is 14.9 Å². The van der Waals surface area contributed by atoms with Crippen LogP contribution < -0.4 is 0 Å². The molecule has 1 unspecified atom stereocenters. The standard InChI is InChI=1S/C20H28N4O3/c1-14-12-22-18(13-21-14)19(26)23-8-6-20(7-9-23)11-17(5-10-27-20)24(15(2)25)16-3-4-16/h12-13,16-17H,3-11H2,1-2H3. The number of hydrogen-bond donors (Lipinski definition) is 0. The van der Waals surface area contributed by atoms with Crippen LogP contribution in [0.4, 0.5) is 0 Å². The van der Waals surface area contributed by atoms with Gasteiger partial charge in [-0.3, -0.25) is 14.6 Å². The molecule has 0 N–H and O–H groups in total. The summed E-state index contributed by atoms with van der Waals surface area (Å²) in [6.07, 6.45) is 8.86. The van der Waals surface area contributed by atoms with E-state index in [9.17, 15) is 9.59 Å². The van der Waals surface area contributed by atoms with E-state index in [1.165, 1.54) is 0 Å². The maximum atomic E-state index is 12.7. The first-order valence-electron chi connectivity index (χ1n) is 9.98. The Kier molecular flexibility index (Phi) is 4.88. The molecule has 4 rings (SSSR count). The first kappa shape index (κ1) is 18.3. The Labute approximate surface area is 160 Å². The highest BCUT2D eigenvalue weighted by Gasteiger charge is 2.45. The van der Waals surface area contributed by atoms with E-state index in [0.29, 0.717) is 31.4 Å². The minimum Gasteiger partial charge on any atom is -0.375 e. The predicted octanol–water partition coefficient (Wildman–Crippen LogP) is 1.95. The highest BCUT2D eigenvalue weighted by atomic mass is 16.5. The predicted molar refractivity (Wildman–Crippen MR) is 99.2 cm³/mol. The van der Waals surface area contributed by atoms with Crippen LogP contribution in [0.3, 0.4) is 0 Å². The lowest BCUT2D eigenvalue weighted by molar-refractivity contribution is -0.148. The normalized spacial score (nSPS) is 24.7. The molecule has 1 saturated carbocycles. The maximum Gasteiger partial charge on any atom is 0.274 e. The summed E-state index contributed by atoms with van der Waals surface area (Å²) < 4.78 is 6.21. The van der Waals surface area contributed by atoms with Crippen LogP contribution in [0.5, 0.6) is 0 Å². The minimum absolute atomic E-state index is 0.0620. The molecule has 27 heavy (non-hydrogen) atoms. The quantitative estimate of drug-likeness (QED) is 0.811. The molecule has 146 valence electrons. The fraction of sp³-hybridized carbons (Fsp3) is 0.700. The van der Waals surface area contributed by atoms with E-state index in [1.54, 1.807) is 19.3 Å². The van der Waals surface area contributed by atoms with E-state index in [1.807, 2.05) is 11.8 Å². The number of likely N-dealkylation sites (tertiary alicyclic amines) is 1. The van der Waals surface area contributed by atoms with Crippen molar-refractivity contribution in [1.82, 2.24) is 19.8 Å². The molecule has 1 aromatic heterocycles. The van der Waals surface area contributed by atoms with Crippen LogP contribution >= 0.6 is 0 Å². The van der Waals surface area contributed by atoms with Crippen LogP contribution in [-0.4, -0.2) is 69.0 Å². The van der Waals surface area contributed by atoms with Crippen molar-refractivity contribution in [1.29, 1.82) is 0 Å². The number of aryl methyl sites for hydroxylation is 1. The van der Waals surface area contributed by atoms with Gasteiger partial charge < -0.3 is 14.5 Å². The SMILES string of the molecule is CC(=O)N(C1CC1)C1CCOC2(CCN(C(=O)c3cnc(C)cn3)CC2)C1. The average molecular weight is 372 g/mol. The summed E-state index contributed by atoms with van der Waals surface area (Å²) >= 11 is 0. The Balaban J connectivity index is 1.39. The van der Waals surface area contributed by atoms with Gasteiger partial charge in [0.1, 0.15) is 5.69 Å².